The van der Waals surface area contributed by atoms with Gasteiger partial charge in [-0.05, 0) is 19.8 Å². The zero-order valence-corrected chi connectivity index (χ0v) is 12.1. The number of nitrogens with zero attached hydrogens (tertiary/aromatic N) is 2. The van der Waals surface area contributed by atoms with Crippen molar-refractivity contribution < 1.29 is 13.5 Å². The topological polar surface area (TPSA) is 37.4 Å². The zero-order chi connectivity index (χ0) is 14.7. The van der Waals surface area contributed by atoms with Gasteiger partial charge in [0, 0.05) is 26.3 Å². The maximum absolute atomic E-state index is 14.0. The summed E-state index contributed by atoms with van der Waals surface area (Å²) in [6.07, 6.45) is 1.67. The largest absolute Gasteiger partial charge is 0.376 e. The van der Waals surface area contributed by atoms with Gasteiger partial charge in [-0.15, -0.1) is 0 Å². The fourth-order valence-corrected chi connectivity index (χ4v) is 2.46. The minimum atomic E-state index is -0.663. The number of aromatic nitrogens is 1. The Balaban J connectivity index is 2.25. The van der Waals surface area contributed by atoms with E-state index in [0.717, 1.165) is 18.9 Å². The van der Waals surface area contributed by atoms with E-state index in [1.807, 2.05) is 13.8 Å². The molecular weight excluding hydrogens is 264 g/mol. The van der Waals surface area contributed by atoms with E-state index in [-0.39, 0.29) is 23.8 Å². The predicted molar refractivity (Wildman–Crippen MR) is 75.2 cm³/mol. The lowest BCUT2D eigenvalue weighted by atomic mass is 10.1. The van der Waals surface area contributed by atoms with Crippen LogP contribution >= 0.6 is 0 Å². The molecule has 2 atom stereocenters. The molecule has 1 aliphatic rings. The normalized spacial score (nSPS) is 22.1. The van der Waals surface area contributed by atoms with Gasteiger partial charge in [0.15, 0.2) is 23.3 Å². The Kier molecular flexibility index (Phi) is 4.75. The second-order valence-corrected chi connectivity index (χ2v) is 5.09. The molecule has 1 N–H and O–H groups in total. The Morgan fingerprint density at radius 2 is 2.20 bits per heavy atom. The molecule has 1 aromatic heterocycles. The van der Waals surface area contributed by atoms with Crippen LogP contribution in [0.5, 0.6) is 0 Å². The van der Waals surface area contributed by atoms with Crippen LogP contribution in [0.4, 0.5) is 20.4 Å². The molecule has 0 bridgehead atoms. The summed E-state index contributed by atoms with van der Waals surface area (Å²) in [5.74, 6) is -1.05. The maximum atomic E-state index is 14.0. The molecule has 0 spiro atoms. The third-order valence-electron chi connectivity index (χ3n) is 3.62. The van der Waals surface area contributed by atoms with Crippen molar-refractivity contribution in [1.82, 2.24) is 4.98 Å². The first-order chi connectivity index (χ1) is 9.54. The Hall–Kier alpha value is -1.43. The second kappa shape index (κ2) is 6.35. The van der Waals surface area contributed by atoms with Crippen LogP contribution in [0.25, 0.3) is 0 Å². The molecule has 0 radical (unpaired) electrons. The molecule has 1 fully saturated rings. The molecule has 6 heteroatoms. The molecule has 2 rings (SSSR count). The van der Waals surface area contributed by atoms with Crippen LogP contribution in [-0.2, 0) is 4.74 Å². The highest BCUT2D eigenvalue weighted by Crippen LogP contribution is 2.27. The third-order valence-corrected chi connectivity index (χ3v) is 3.62. The molecule has 0 saturated carbocycles. The van der Waals surface area contributed by atoms with E-state index < -0.39 is 11.6 Å². The van der Waals surface area contributed by atoms with Crippen LogP contribution in [0.3, 0.4) is 0 Å². The third kappa shape index (κ3) is 3.00. The Morgan fingerprint density at radius 3 is 2.80 bits per heavy atom. The molecule has 2 heterocycles. The predicted octanol–water partition coefficient (Wildman–Crippen LogP) is 2.80. The molecule has 0 amide bonds. The highest BCUT2D eigenvalue weighted by Gasteiger charge is 2.30. The van der Waals surface area contributed by atoms with Gasteiger partial charge in [0.2, 0.25) is 0 Å². The Morgan fingerprint density at radius 1 is 1.45 bits per heavy atom. The highest BCUT2D eigenvalue weighted by molar-refractivity contribution is 5.49. The molecule has 2 unspecified atom stereocenters. The van der Waals surface area contributed by atoms with Crippen LogP contribution < -0.4 is 10.2 Å². The molecule has 1 aromatic rings. The van der Waals surface area contributed by atoms with Gasteiger partial charge in [-0.3, -0.25) is 0 Å². The van der Waals surface area contributed by atoms with E-state index in [1.54, 1.807) is 11.9 Å². The van der Waals surface area contributed by atoms with Crippen LogP contribution in [0, 0.1) is 11.6 Å². The van der Waals surface area contributed by atoms with Crippen molar-refractivity contribution in [2.45, 2.75) is 38.8 Å². The molecule has 1 saturated heterocycles. The average molecular weight is 285 g/mol. The first-order valence-electron chi connectivity index (χ1n) is 6.99. The fourth-order valence-electron chi connectivity index (χ4n) is 2.46. The summed E-state index contributed by atoms with van der Waals surface area (Å²) in [6, 6.07) is 0.943. The van der Waals surface area contributed by atoms with E-state index in [4.69, 9.17) is 4.74 Å². The molecule has 4 nitrogen and oxygen atoms in total. The molecule has 112 valence electrons. The van der Waals surface area contributed by atoms with Gasteiger partial charge in [-0.1, -0.05) is 6.92 Å². The number of hydrogen-bond acceptors (Lipinski definition) is 4. The zero-order valence-electron chi connectivity index (χ0n) is 12.1. The maximum Gasteiger partial charge on any atom is 0.168 e. The smallest absolute Gasteiger partial charge is 0.168 e. The number of halogens is 2. The fraction of sp³-hybridized carbons (Fsp3) is 0.643. The van der Waals surface area contributed by atoms with Gasteiger partial charge < -0.3 is 15.0 Å². The van der Waals surface area contributed by atoms with Gasteiger partial charge in [-0.2, -0.15) is 0 Å². The Labute approximate surface area is 118 Å². The van der Waals surface area contributed by atoms with Crippen LogP contribution in [-0.4, -0.2) is 37.3 Å². The first-order valence-corrected chi connectivity index (χ1v) is 6.99. The highest BCUT2D eigenvalue weighted by atomic mass is 19.1. The quantitative estimate of drug-likeness (QED) is 0.902. The number of rotatable bonds is 5. The van der Waals surface area contributed by atoms with E-state index in [1.165, 1.54) is 0 Å². The summed E-state index contributed by atoms with van der Waals surface area (Å²) in [6.45, 7) is 5.17. The van der Waals surface area contributed by atoms with Crippen molar-refractivity contribution in [3.05, 3.63) is 17.7 Å². The van der Waals surface area contributed by atoms with Crippen molar-refractivity contribution in [3.8, 4) is 0 Å². The second-order valence-electron chi connectivity index (χ2n) is 5.09. The van der Waals surface area contributed by atoms with E-state index in [2.05, 4.69) is 10.3 Å². The minimum Gasteiger partial charge on any atom is -0.376 e. The molecule has 1 aliphatic heterocycles. The lowest BCUT2D eigenvalue weighted by molar-refractivity contribution is 0.118. The average Bonchev–Trinajstić information content (AvgIpc) is 2.83. The molecule has 20 heavy (non-hydrogen) atoms. The Bertz CT molecular complexity index is 470. The number of nitrogens with one attached hydrogen (secondary N) is 1. The van der Waals surface area contributed by atoms with Gasteiger partial charge in [0.25, 0.3) is 0 Å². The standard InChI is InChI=1S/C14H21F2N3O/c1-4-6-17-13-10(15)8-11(16)14(18-13)19(3)12-5-7-20-9(12)2/h8-9,12H,4-7H2,1-3H3,(H,17,18). The number of hydrogen-bond donors (Lipinski definition) is 1. The van der Waals surface area contributed by atoms with Crippen LogP contribution in [0.15, 0.2) is 6.07 Å². The van der Waals surface area contributed by atoms with Gasteiger partial charge >= 0.3 is 0 Å². The van der Waals surface area contributed by atoms with Crippen molar-refractivity contribution in [2.24, 2.45) is 0 Å². The van der Waals surface area contributed by atoms with Gasteiger partial charge in [0.1, 0.15) is 0 Å². The van der Waals surface area contributed by atoms with Gasteiger partial charge in [-0.25, -0.2) is 13.8 Å². The van der Waals surface area contributed by atoms with Crippen molar-refractivity contribution >= 4 is 11.6 Å². The molecule has 0 aliphatic carbocycles. The van der Waals surface area contributed by atoms with Crippen molar-refractivity contribution in [1.29, 1.82) is 0 Å². The first kappa shape index (κ1) is 15.0. The van der Waals surface area contributed by atoms with E-state index in [0.29, 0.717) is 13.2 Å². The van der Waals surface area contributed by atoms with Crippen LogP contribution in [0.2, 0.25) is 0 Å². The van der Waals surface area contributed by atoms with Crippen molar-refractivity contribution in [2.75, 3.05) is 30.4 Å². The van der Waals surface area contributed by atoms with Crippen LogP contribution in [0.1, 0.15) is 26.7 Å². The minimum absolute atomic E-state index is 0.0123. The molecule has 0 aromatic carbocycles. The summed E-state index contributed by atoms with van der Waals surface area (Å²) >= 11 is 0. The summed E-state index contributed by atoms with van der Waals surface area (Å²) in [7, 11) is 1.77. The number of anilines is 2. The molecular formula is C14H21F2N3O. The van der Waals surface area contributed by atoms with E-state index >= 15 is 0 Å². The summed E-state index contributed by atoms with van der Waals surface area (Å²) in [5.41, 5.74) is 0. The van der Waals surface area contributed by atoms with Crippen molar-refractivity contribution in [3.63, 3.8) is 0 Å². The monoisotopic (exact) mass is 285 g/mol. The summed E-state index contributed by atoms with van der Waals surface area (Å²) in [5, 5.41) is 2.88. The summed E-state index contributed by atoms with van der Waals surface area (Å²) < 4.78 is 33.1. The van der Waals surface area contributed by atoms with E-state index in [9.17, 15) is 8.78 Å². The van der Waals surface area contributed by atoms with Gasteiger partial charge in [0.05, 0.1) is 12.1 Å². The summed E-state index contributed by atoms with van der Waals surface area (Å²) in [4.78, 5) is 5.84. The SMILES string of the molecule is CCCNc1nc(N(C)C2CCOC2C)c(F)cc1F. The lowest BCUT2D eigenvalue weighted by Gasteiger charge is -2.28. The number of likely N-dealkylation sites (N-methyl/N-ethyl adjacent to an activating group) is 1. The number of pyridine rings is 1. The lowest BCUT2D eigenvalue weighted by Crippen LogP contribution is -2.38. The number of ether oxygens (including phenoxy) is 1.